The second kappa shape index (κ2) is 6.76. The molecule has 1 aromatic heterocycles. The summed E-state index contributed by atoms with van der Waals surface area (Å²) in [5.74, 6) is 0.311. The van der Waals surface area contributed by atoms with Crippen molar-refractivity contribution in [1.29, 1.82) is 0 Å². The molecule has 0 bridgehead atoms. The van der Waals surface area contributed by atoms with Gasteiger partial charge in [0.1, 0.15) is 11.4 Å². The van der Waals surface area contributed by atoms with E-state index < -0.39 is 10.9 Å². The molecule has 0 saturated carbocycles. The number of carbonyl (C=O) groups is 1. The number of ether oxygens (including phenoxy) is 2. The Hall–Kier alpha value is -3.16. The highest BCUT2D eigenvalue weighted by Crippen LogP contribution is 2.28. The molecule has 130 valence electrons. The molecule has 0 radical (unpaired) electrons. The lowest BCUT2D eigenvalue weighted by atomic mass is 9.99. The van der Waals surface area contributed by atoms with Gasteiger partial charge in [-0.1, -0.05) is 6.07 Å². The summed E-state index contributed by atoms with van der Waals surface area (Å²) in [7, 11) is 2.73. The Morgan fingerprint density at radius 1 is 1.24 bits per heavy atom. The second-order valence-electron chi connectivity index (χ2n) is 5.60. The van der Waals surface area contributed by atoms with E-state index in [0.29, 0.717) is 12.4 Å². The SMILES string of the molecule is COC(=O)c1ccc(N2CCc3ccc([N+](=O)[O-])cc3C2)nc1OC. The number of non-ortho nitro benzene ring substituents is 1. The molecule has 0 atom stereocenters. The van der Waals surface area contributed by atoms with Gasteiger partial charge in [-0.15, -0.1) is 0 Å². The van der Waals surface area contributed by atoms with E-state index in [9.17, 15) is 14.9 Å². The van der Waals surface area contributed by atoms with Gasteiger partial charge >= 0.3 is 5.97 Å². The summed E-state index contributed by atoms with van der Waals surface area (Å²) >= 11 is 0. The van der Waals surface area contributed by atoms with Crippen molar-refractivity contribution in [3.05, 3.63) is 57.1 Å². The lowest BCUT2D eigenvalue weighted by Crippen LogP contribution is -2.31. The summed E-state index contributed by atoms with van der Waals surface area (Å²) in [4.78, 5) is 28.7. The number of hydrogen-bond acceptors (Lipinski definition) is 7. The summed E-state index contributed by atoms with van der Waals surface area (Å²) in [6.07, 6.45) is 0.760. The van der Waals surface area contributed by atoms with Crippen molar-refractivity contribution in [2.45, 2.75) is 13.0 Å². The second-order valence-corrected chi connectivity index (χ2v) is 5.60. The number of nitro benzene ring substituents is 1. The molecule has 0 unspecified atom stereocenters. The highest BCUT2D eigenvalue weighted by Gasteiger charge is 2.22. The highest BCUT2D eigenvalue weighted by molar-refractivity contribution is 5.92. The molecule has 1 aliphatic rings. The molecular formula is C17H17N3O5. The Kier molecular flexibility index (Phi) is 4.51. The molecule has 2 heterocycles. The van der Waals surface area contributed by atoms with Gasteiger partial charge in [0, 0.05) is 25.2 Å². The third-order valence-corrected chi connectivity index (χ3v) is 4.18. The van der Waals surface area contributed by atoms with Crippen LogP contribution in [0.4, 0.5) is 11.5 Å². The lowest BCUT2D eigenvalue weighted by molar-refractivity contribution is -0.384. The topological polar surface area (TPSA) is 94.8 Å². The Morgan fingerprint density at radius 2 is 2.04 bits per heavy atom. The number of nitrogens with zero attached hydrogens (tertiary/aromatic N) is 3. The molecule has 25 heavy (non-hydrogen) atoms. The highest BCUT2D eigenvalue weighted by atomic mass is 16.6. The van der Waals surface area contributed by atoms with Gasteiger partial charge in [0.25, 0.3) is 5.69 Å². The predicted molar refractivity (Wildman–Crippen MR) is 90.0 cm³/mol. The molecular weight excluding hydrogens is 326 g/mol. The quantitative estimate of drug-likeness (QED) is 0.478. The predicted octanol–water partition coefficient (Wildman–Crippen LogP) is 2.35. The Morgan fingerprint density at radius 3 is 2.72 bits per heavy atom. The minimum Gasteiger partial charge on any atom is -0.480 e. The maximum atomic E-state index is 11.7. The van der Waals surface area contributed by atoms with Crippen LogP contribution in [-0.4, -0.2) is 36.6 Å². The van der Waals surface area contributed by atoms with Crippen LogP contribution in [0.15, 0.2) is 30.3 Å². The molecule has 1 aromatic carbocycles. The summed E-state index contributed by atoms with van der Waals surface area (Å²) in [5, 5.41) is 11.0. The molecule has 0 N–H and O–H groups in total. The summed E-state index contributed by atoms with van der Waals surface area (Å²) in [5.41, 5.74) is 2.33. The van der Waals surface area contributed by atoms with Crippen molar-refractivity contribution < 1.29 is 19.2 Å². The van der Waals surface area contributed by atoms with E-state index in [0.717, 1.165) is 24.1 Å². The summed E-state index contributed by atoms with van der Waals surface area (Å²) in [6.45, 7) is 1.23. The van der Waals surface area contributed by atoms with Gasteiger partial charge in [-0.25, -0.2) is 4.79 Å². The third kappa shape index (κ3) is 3.23. The smallest absolute Gasteiger partial charge is 0.343 e. The van der Waals surface area contributed by atoms with E-state index >= 15 is 0 Å². The molecule has 0 aliphatic carbocycles. The third-order valence-electron chi connectivity index (χ3n) is 4.18. The van der Waals surface area contributed by atoms with Crippen LogP contribution >= 0.6 is 0 Å². The number of methoxy groups -OCH3 is 2. The van der Waals surface area contributed by atoms with Crippen LogP contribution in [-0.2, 0) is 17.7 Å². The number of aromatic nitrogens is 1. The first-order chi connectivity index (χ1) is 12.0. The fourth-order valence-corrected chi connectivity index (χ4v) is 2.88. The number of benzene rings is 1. The maximum absolute atomic E-state index is 11.7. The standard InChI is InChI=1S/C17H17N3O5/c1-24-16-14(17(21)25-2)5-6-15(18-16)19-8-7-11-3-4-13(20(22)23)9-12(11)10-19/h3-6,9H,7-8,10H2,1-2H3. The molecule has 3 rings (SSSR count). The minimum atomic E-state index is -0.518. The van der Waals surface area contributed by atoms with E-state index in [1.807, 2.05) is 4.90 Å². The monoisotopic (exact) mass is 343 g/mol. The van der Waals surface area contributed by atoms with Crippen LogP contribution in [0.25, 0.3) is 0 Å². The fraction of sp³-hybridized carbons (Fsp3) is 0.294. The van der Waals surface area contributed by atoms with Crippen LogP contribution in [0.3, 0.4) is 0 Å². The van der Waals surface area contributed by atoms with Crippen molar-refractivity contribution in [3.8, 4) is 5.88 Å². The molecule has 0 saturated heterocycles. The number of fused-ring (bicyclic) bond motifs is 1. The first kappa shape index (κ1) is 16.7. The molecule has 0 spiro atoms. The van der Waals surface area contributed by atoms with Crippen LogP contribution in [0.5, 0.6) is 5.88 Å². The van der Waals surface area contributed by atoms with E-state index in [1.54, 1.807) is 24.3 Å². The van der Waals surface area contributed by atoms with Gasteiger partial charge < -0.3 is 14.4 Å². The van der Waals surface area contributed by atoms with Crippen molar-refractivity contribution in [2.75, 3.05) is 25.7 Å². The molecule has 8 heteroatoms. The normalized spacial score (nSPS) is 13.1. The maximum Gasteiger partial charge on any atom is 0.343 e. The van der Waals surface area contributed by atoms with Gasteiger partial charge in [-0.05, 0) is 29.7 Å². The van der Waals surface area contributed by atoms with E-state index in [4.69, 9.17) is 9.47 Å². The largest absolute Gasteiger partial charge is 0.480 e. The molecule has 0 amide bonds. The van der Waals surface area contributed by atoms with Crippen LogP contribution in [0, 0.1) is 10.1 Å². The van der Waals surface area contributed by atoms with E-state index in [1.165, 1.54) is 20.3 Å². The number of rotatable bonds is 4. The number of hydrogen-bond donors (Lipinski definition) is 0. The molecule has 1 aliphatic heterocycles. The fourth-order valence-electron chi connectivity index (χ4n) is 2.88. The van der Waals surface area contributed by atoms with Gasteiger partial charge in [-0.3, -0.25) is 10.1 Å². The van der Waals surface area contributed by atoms with Crippen molar-refractivity contribution in [2.24, 2.45) is 0 Å². The van der Waals surface area contributed by atoms with Crippen molar-refractivity contribution in [3.63, 3.8) is 0 Å². The first-order valence-electron chi connectivity index (χ1n) is 7.68. The average molecular weight is 343 g/mol. The summed E-state index contributed by atoms with van der Waals surface area (Å²) < 4.78 is 9.90. The Bertz CT molecular complexity index is 837. The van der Waals surface area contributed by atoms with E-state index in [2.05, 4.69) is 4.98 Å². The van der Waals surface area contributed by atoms with Gasteiger partial charge in [0.05, 0.1) is 19.1 Å². The number of anilines is 1. The number of pyridine rings is 1. The minimum absolute atomic E-state index is 0.0761. The van der Waals surface area contributed by atoms with E-state index in [-0.39, 0.29) is 17.1 Å². The van der Waals surface area contributed by atoms with Crippen LogP contribution in [0.1, 0.15) is 21.5 Å². The number of nitro groups is 1. The first-order valence-corrected chi connectivity index (χ1v) is 7.68. The van der Waals surface area contributed by atoms with Gasteiger partial charge in [0.2, 0.25) is 5.88 Å². The summed E-state index contributed by atoms with van der Waals surface area (Å²) in [6, 6.07) is 8.26. The van der Waals surface area contributed by atoms with Crippen molar-refractivity contribution >= 4 is 17.5 Å². The Balaban J connectivity index is 1.90. The lowest BCUT2D eigenvalue weighted by Gasteiger charge is -2.30. The molecule has 8 nitrogen and oxygen atoms in total. The zero-order chi connectivity index (χ0) is 18.0. The molecule has 0 fully saturated rings. The zero-order valence-electron chi connectivity index (χ0n) is 13.9. The average Bonchev–Trinajstić information content (AvgIpc) is 2.65. The number of esters is 1. The molecule has 2 aromatic rings. The zero-order valence-corrected chi connectivity index (χ0v) is 13.9. The van der Waals surface area contributed by atoms with Crippen molar-refractivity contribution in [1.82, 2.24) is 4.98 Å². The number of carbonyl (C=O) groups excluding carboxylic acids is 1. The van der Waals surface area contributed by atoms with Gasteiger partial charge in [0.15, 0.2) is 0 Å². The van der Waals surface area contributed by atoms with Crippen LogP contribution in [0.2, 0.25) is 0 Å². The van der Waals surface area contributed by atoms with Gasteiger partial charge in [-0.2, -0.15) is 4.98 Å². The Labute approximate surface area is 144 Å². The van der Waals surface area contributed by atoms with Crippen LogP contribution < -0.4 is 9.64 Å².